The quantitative estimate of drug-likeness (QED) is 0.208. The predicted octanol–water partition coefficient (Wildman–Crippen LogP) is 2.62. The summed E-state index contributed by atoms with van der Waals surface area (Å²) in [6.07, 6.45) is 4.37. The molecule has 2 rings (SSSR count). The molecule has 0 aromatic heterocycles. The molecule has 0 aliphatic carbocycles. The minimum atomic E-state index is 0. The first-order valence-corrected chi connectivity index (χ1v) is 9.61. The molecule has 1 aromatic rings. The van der Waals surface area contributed by atoms with E-state index in [0.717, 1.165) is 69.4 Å². The summed E-state index contributed by atoms with van der Waals surface area (Å²) < 4.78 is 21.8. The third-order valence-electron chi connectivity index (χ3n) is 4.46. The molecule has 0 radical (unpaired) electrons. The number of nitrogens with one attached hydrogen (secondary N) is 2. The number of hydrogen-bond acceptors (Lipinski definition) is 5. The van der Waals surface area contributed by atoms with Gasteiger partial charge in [0.2, 0.25) is 0 Å². The molecule has 1 saturated heterocycles. The van der Waals surface area contributed by atoms with Crippen LogP contribution < -0.4 is 20.1 Å². The molecule has 2 N–H and O–H groups in total. The highest BCUT2D eigenvalue weighted by molar-refractivity contribution is 14.0. The topological polar surface area (TPSA) is 73.3 Å². The van der Waals surface area contributed by atoms with E-state index in [1.54, 1.807) is 21.3 Å². The minimum Gasteiger partial charge on any atom is -0.493 e. The number of nitrogens with zero attached hydrogens (tertiary/aromatic N) is 1. The Bertz CT molecular complexity index is 581. The SMILES string of the molecule is CN=C(NCCCOCC1CCCO1)NCCc1ccc(OC)c(OC)c1.I. The van der Waals surface area contributed by atoms with E-state index in [9.17, 15) is 0 Å². The second kappa shape index (κ2) is 14.7. The number of rotatable bonds is 11. The molecule has 7 nitrogen and oxygen atoms in total. The maximum absolute atomic E-state index is 5.67. The number of guanidine groups is 1. The highest BCUT2D eigenvalue weighted by Crippen LogP contribution is 2.27. The van der Waals surface area contributed by atoms with E-state index in [4.69, 9.17) is 18.9 Å². The Labute approximate surface area is 185 Å². The lowest BCUT2D eigenvalue weighted by Gasteiger charge is -2.13. The third-order valence-corrected chi connectivity index (χ3v) is 4.46. The second-order valence-corrected chi connectivity index (χ2v) is 6.43. The zero-order valence-electron chi connectivity index (χ0n) is 17.2. The molecule has 1 heterocycles. The summed E-state index contributed by atoms with van der Waals surface area (Å²) in [5.41, 5.74) is 1.18. The zero-order chi connectivity index (χ0) is 19.3. The van der Waals surface area contributed by atoms with Gasteiger partial charge in [-0.15, -0.1) is 24.0 Å². The predicted molar refractivity (Wildman–Crippen MR) is 122 cm³/mol. The van der Waals surface area contributed by atoms with Gasteiger partial charge in [-0.3, -0.25) is 4.99 Å². The van der Waals surface area contributed by atoms with Crippen molar-refractivity contribution >= 4 is 29.9 Å². The van der Waals surface area contributed by atoms with Gasteiger partial charge in [0, 0.05) is 33.4 Å². The summed E-state index contributed by atoms with van der Waals surface area (Å²) in [7, 11) is 5.07. The molecule has 1 atom stereocenters. The fourth-order valence-electron chi connectivity index (χ4n) is 2.95. The molecule has 0 spiro atoms. The lowest BCUT2D eigenvalue weighted by Crippen LogP contribution is -2.39. The largest absolute Gasteiger partial charge is 0.493 e. The Kier molecular flexibility index (Phi) is 13.0. The number of aliphatic imine (C=N–C) groups is 1. The molecule has 28 heavy (non-hydrogen) atoms. The van der Waals surface area contributed by atoms with Crippen molar-refractivity contribution in [2.45, 2.75) is 31.8 Å². The molecular weight excluding hydrogens is 473 g/mol. The van der Waals surface area contributed by atoms with Crippen molar-refractivity contribution in [2.24, 2.45) is 4.99 Å². The average molecular weight is 507 g/mol. The first kappa shape index (κ1) is 24.8. The first-order chi connectivity index (χ1) is 13.3. The van der Waals surface area contributed by atoms with Crippen LogP contribution >= 0.6 is 24.0 Å². The highest BCUT2D eigenvalue weighted by atomic mass is 127. The fourth-order valence-corrected chi connectivity index (χ4v) is 2.95. The van der Waals surface area contributed by atoms with E-state index < -0.39 is 0 Å². The van der Waals surface area contributed by atoms with Crippen molar-refractivity contribution in [3.63, 3.8) is 0 Å². The number of methoxy groups -OCH3 is 2. The van der Waals surface area contributed by atoms with Gasteiger partial charge >= 0.3 is 0 Å². The van der Waals surface area contributed by atoms with E-state index in [1.165, 1.54) is 5.56 Å². The lowest BCUT2D eigenvalue weighted by molar-refractivity contribution is 0.0168. The van der Waals surface area contributed by atoms with Crippen LogP contribution in [-0.2, 0) is 15.9 Å². The van der Waals surface area contributed by atoms with Crippen LogP contribution in [0.15, 0.2) is 23.2 Å². The number of halogens is 1. The molecule has 160 valence electrons. The van der Waals surface area contributed by atoms with Gasteiger partial charge in [-0.2, -0.15) is 0 Å². The molecule has 8 heteroatoms. The van der Waals surface area contributed by atoms with Crippen molar-refractivity contribution in [3.05, 3.63) is 23.8 Å². The summed E-state index contributed by atoms with van der Waals surface area (Å²) in [6.45, 7) is 3.92. The van der Waals surface area contributed by atoms with Gasteiger partial charge in [0.25, 0.3) is 0 Å². The minimum absolute atomic E-state index is 0. The molecule has 1 aliphatic rings. The Hall–Kier alpha value is -1.26. The number of hydrogen-bond donors (Lipinski definition) is 2. The molecule has 0 bridgehead atoms. The molecule has 1 fully saturated rings. The van der Waals surface area contributed by atoms with Gasteiger partial charge in [0.05, 0.1) is 26.9 Å². The van der Waals surface area contributed by atoms with Crippen LogP contribution in [0.2, 0.25) is 0 Å². The standard InChI is InChI=1S/C20H33N3O4.HI/c1-21-20(22-10-5-12-26-15-17-6-4-13-27-17)23-11-9-16-7-8-18(24-2)19(14-16)25-3;/h7-8,14,17H,4-6,9-13,15H2,1-3H3,(H2,21,22,23);1H. The van der Waals surface area contributed by atoms with Crippen LogP contribution in [0.1, 0.15) is 24.8 Å². The molecule has 0 saturated carbocycles. The maximum Gasteiger partial charge on any atom is 0.190 e. The Balaban J connectivity index is 0.00000392. The van der Waals surface area contributed by atoms with Crippen LogP contribution in [0.5, 0.6) is 11.5 Å². The fraction of sp³-hybridized carbons (Fsp3) is 0.650. The van der Waals surface area contributed by atoms with E-state index >= 15 is 0 Å². The average Bonchev–Trinajstić information content (AvgIpc) is 3.22. The molecule has 1 aromatic carbocycles. The van der Waals surface area contributed by atoms with E-state index in [0.29, 0.717) is 12.7 Å². The van der Waals surface area contributed by atoms with Crippen molar-refractivity contribution < 1.29 is 18.9 Å². The van der Waals surface area contributed by atoms with E-state index in [1.807, 2.05) is 18.2 Å². The lowest BCUT2D eigenvalue weighted by atomic mass is 10.1. The summed E-state index contributed by atoms with van der Waals surface area (Å²) in [6, 6.07) is 5.98. The van der Waals surface area contributed by atoms with Crippen LogP contribution in [-0.4, -0.2) is 66.2 Å². The van der Waals surface area contributed by atoms with Gasteiger partial charge < -0.3 is 29.6 Å². The molecule has 1 unspecified atom stereocenters. The smallest absolute Gasteiger partial charge is 0.190 e. The van der Waals surface area contributed by atoms with Crippen LogP contribution in [0.25, 0.3) is 0 Å². The Morgan fingerprint density at radius 2 is 1.96 bits per heavy atom. The van der Waals surface area contributed by atoms with Crippen molar-refractivity contribution in [1.82, 2.24) is 10.6 Å². The molecule has 0 amide bonds. The molecule has 1 aliphatic heterocycles. The maximum atomic E-state index is 5.67. The summed E-state index contributed by atoms with van der Waals surface area (Å²) in [4.78, 5) is 4.25. The number of benzene rings is 1. The van der Waals surface area contributed by atoms with Crippen molar-refractivity contribution in [3.8, 4) is 11.5 Å². The third kappa shape index (κ3) is 8.83. The highest BCUT2D eigenvalue weighted by Gasteiger charge is 2.14. The van der Waals surface area contributed by atoms with Crippen molar-refractivity contribution in [1.29, 1.82) is 0 Å². The molecular formula is C20H34IN3O4. The van der Waals surface area contributed by atoms with Crippen molar-refractivity contribution in [2.75, 3.05) is 54.2 Å². The Morgan fingerprint density at radius 1 is 1.18 bits per heavy atom. The van der Waals surface area contributed by atoms with Gasteiger partial charge in [-0.05, 0) is 43.4 Å². The van der Waals surface area contributed by atoms with Gasteiger partial charge in [0.15, 0.2) is 17.5 Å². The van der Waals surface area contributed by atoms with Gasteiger partial charge in [-0.1, -0.05) is 6.07 Å². The summed E-state index contributed by atoms with van der Waals surface area (Å²) in [5.74, 6) is 2.29. The van der Waals surface area contributed by atoms with Gasteiger partial charge in [0.1, 0.15) is 0 Å². The summed E-state index contributed by atoms with van der Waals surface area (Å²) >= 11 is 0. The zero-order valence-corrected chi connectivity index (χ0v) is 19.5. The number of ether oxygens (including phenoxy) is 4. The Morgan fingerprint density at radius 3 is 2.64 bits per heavy atom. The van der Waals surface area contributed by atoms with Crippen LogP contribution in [0, 0.1) is 0 Å². The van der Waals surface area contributed by atoms with Gasteiger partial charge in [-0.25, -0.2) is 0 Å². The summed E-state index contributed by atoms with van der Waals surface area (Å²) in [5, 5.41) is 6.63. The van der Waals surface area contributed by atoms with E-state index in [-0.39, 0.29) is 24.0 Å². The second-order valence-electron chi connectivity index (χ2n) is 6.43. The monoisotopic (exact) mass is 507 g/mol. The first-order valence-electron chi connectivity index (χ1n) is 9.61. The normalized spacial score (nSPS) is 16.4. The van der Waals surface area contributed by atoms with Crippen LogP contribution in [0.3, 0.4) is 0 Å². The van der Waals surface area contributed by atoms with Crippen LogP contribution in [0.4, 0.5) is 0 Å². The van der Waals surface area contributed by atoms with E-state index in [2.05, 4.69) is 15.6 Å².